The molecule has 0 fully saturated rings. The van der Waals surface area contributed by atoms with E-state index >= 15 is 0 Å². The predicted molar refractivity (Wildman–Crippen MR) is 233 cm³/mol. The lowest BCUT2D eigenvalue weighted by molar-refractivity contribution is 0.743. The van der Waals surface area contributed by atoms with E-state index in [0.29, 0.717) is 5.70 Å². The Labute approximate surface area is 357 Å². The van der Waals surface area contributed by atoms with Crippen LogP contribution in [0.15, 0.2) is 194 Å². The lowest BCUT2D eigenvalue weighted by Gasteiger charge is -2.30. The van der Waals surface area contributed by atoms with Crippen molar-refractivity contribution in [1.82, 2.24) is 24.1 Å². The molecule has 10 aromatic rings. The Balaban J connectivity index is 1.28. The smallest absolute Gasteiger partial charge is 0.238 e. The fourth-order valence-electron chi connectivity index (χ4n) is 7.95. The fourth-order valence-corrected chi connectivity index (χ4v) is 7.95. The molecule has 1 aliphatic heterocycles. The Morgan fingerprint density at radius 3 is 1.77 bits per heavy atom. The van der Waals surface area contributed by atoms with Gasteiger partial charge in [-0.05, 0) is 60.1 Å². The summed E-state index contributed by atoms with van der Waals surface area (Å²) in [5, 5.41) is -1.06. The summed E-state index contributed by atoms with van der Waals surface area (Å²) in [6.45, 7) is 0. The summed E-state index contributed by atoms with van der Waals surface area (Å²) in [5.74, 6) is -2.37. The topological polar surface area (TPSA) is 51.8 Å². The zero-order chi connectivity index (χ0) is 54.9. The monoisotopic (exact) mass is 750 g/mol. The Morgan fingerprint density at radius 1 is 0.509 bits per heavy atom. The SMILES string of the molecule is [2H]c1c([2H])c([2H])c(-c2nc(-c3c([2H])c([2H])c([2H])c([2H])c3[2H])nc(-n3c4c([2H])c([2H])c([2H])c([2H])c4c4c([2H])c5c6c([2H])c([2H])c([2H])c([2H])c6n(C6=CC7C(C=C6)c6ccccc6N7c6ccccc6)c5c([2H])c43)n2)c([2H])c1[2H]. The van der Waals surface area contributed by atoms with Gasteiger partial charge in [-0.15, -0.1) is 0 Å². The Hall–Kier alpha value is -7.57. The fraction of sp³-hybridized carbons (Fsp3) is 0.0392. The Kier molecular flexibility index (Phi) is 3.92. The number of allylic oxidation sites excluding steroid dienone is 2. The standard InChI is InChI=1S/C51H34N6/c1-4-16-33(17-5-1)49-52-50(34-18-6-2-7-19-34)54-51(53-49)57-45-27-15-12-24-39(45)42-31-41-38-23-11-14-26-44(38)56(47(41)32-48(42)57)36-28-29-40-37-22-10-13-25-43(37)55(46(40)30-36)35-20-8-3-9-21-35/h1-32,40,46H/i1D,2D,4D,5D,6D,7D,11D,12D,14D,15D,16D,17D,18D,19D,23D,24D,26D,27D,31D,32D. The van der Waals surface area contributed by atoms with Crippen LogP contribution in [0.4, 0.5) is 11.4 Å². The summed E-state index contributed by atoms with van der Waals surface area (Å²) in [5.41, 5.74) is 0.640. The molecule has 6 nitrogen and oxygen atoms in total. The second-order valence-electron chi connectivity index (χ2n) is 13.3. The second-order valence-corrected chi connectivity index (χ2v) is 13.3. The molecule has 2 unspecified atom stereocenters. The van der Waals surface area contributed by atoms with E-state index in [1.54, 1.807) is 6.08 Å². The van der Waals surface area contributed by atoms with Crippen molar-refractivity contribution >= 4 is 60.7 Å². The quantitative estimate of drug-likeness (QED) is 0.176. The highest BCUT2D eigenvalue weighted by Gasteiger charge is 2.38. The maximum atomic E-state index is 10.4. The molecule has 0 amide bonds. The number of nitrogens with zero attached hydrogens (tertiary/aromatic N) is 6. The van der Waals surface area contributed by atoms with Crippen LogP contribution in [0.3, 0.4) is 0 Å². The first-order valence-electron chi connectivity index (χ1n) is 27.8. The van der Waals surface area contributed by atoms with Gasteiger partial charge in [-0.1, -0.05) is 139 Å². The number of rotatable bonds is 5. The van der Waals surface area contributed by atoms with Crippen molar-refractivity contribution in [3.8, 4) is 28.7 Å². The van der Waals surface area contributed by atoms with Crippen LogP contribution in [0, 0.1) is 0 Å². The van der Waals surface area contributed by atoms with Crippen LogP contribution in [0.5, 0.6) is 0 Å². The molecule has 7 aromatic carbocycles. The zero-order valence-corrected chi connectivity index (χ0v) is 29.3. The average molecular weight is 751 g/mol. The van der Waals surface area contributed by atoms with Gasteiger partial charge in [0.25, 0.3) is 0 Å². The average Bonchev–Trinajstić information content (AvgIpc) is 4.32. The van der Waals surface area contributed by atoms with Gasteiger partial charge in [0.1, 0.15) is 0 Å². The van der Waals surface area contributed by atoms with E-state index in [4.69, 9.17) is 19.2 Å². The van der Waals surface area contributed by atoms with Gasteiger partial charge in [0.2, 0.25) is 5.95 Å². The minimum absolute atomic E-state index is 0.123. The maximum absolute atomic E-state index is 10.4. The van der Waals surface area contributed by atoms with Crippen molar-refractivity contribution in [2.24, 2.45) is 0 Å². The maximum Gasteiger partial charge on any atom is 0.238 e. The van der Waals surface area contributed by atoms with Crippen LogP contribution in [-0.2, 0) is 0 Å². The van der Waals surface area contributed by atoms with Crippen LogP contribution in [0.2, 0.25) is 0 Å². The molecule has 2 atom stereocenters. The highest BCUT2D eigenvalue weighted by Crippen LogP contribution is 2.49. The summed E-state index contributed by atoms with van der Waals surface area (Å²) < 4.78 is 183. The molecule has 12 rings (SSSR count). The second kappa shape index (κ2) is 12.5. The Bertz CT molecular complexity index is 4290. The molecule has 0 radical (unpaired) electrons. The predicted octanol–water partition coefficient (Wildman–Crippen LogP) is 12.1. The lowest BCUT2D eigenvalue weighted by Crippen LogP contribution is -2.29. The first-order valence-corrected chi connectivity index (χ1v) is 17.8. The van der Waals surface area contributed by atoms with Crippen molar-refractivity contribution in [2.75, 3.05) is 4.90 Å². The molecule has 0 saturated carbocycles. The highest BCUT2D eigenvalue weighted by molar-refractivity contribution is 6.19. The highest BCUT2D eigenvalue weighted by atomic mass is 15.2. The largest absolute Gasteiger partial charge is 0.333 e. The molecule has 3 aromatic heterocycles. The van der Waals surface area contributed by atoms with Gasteiger partial charge in [0.05, 0.1) is 55.5 Å². The van der Waals surface area contributed by atoms with E-state index in [0.717, 1.165) is 21.5 Å². The molecule has 0 spiro atoms. The summed E-state index contributed by atoms with van der Waals surface area (Å²) in [4.78, 5) is 15.7. The van der Waals surface area contributed by atoms with E-state index in [1.165, 1.54) is 4.57 Å². The van der Waals surface area contributed by atoms with Gasteiger partial charge in [-0.25, -0.2) is 4.98 Å². The number of aromatic nitrogens is 5. The number of hydrogen-bond donors (Lipinski definition) is 0. The number of anilines is 2. The number of hydrogen-bond acceptors (Lipinski definition) is 4. The third kappa shape index (κ3) is 4.87. The summed E-state index contributed by atoms with van der Waals surface area (Å²) in [6, 6.07) is 2.35. The first kappa shape index (κ1) is 17.9. The number of benzene rings is 7. The van der Waals surface area contributed by atoms with E-state index in [9.17, 15) is 8.22 Å². The molecule has 6 heteroatoms. The molecule has 0 bridgehead atoms. The third-order valence-corrected chi connectivity index (χ3v) is 10.3. The summed E-state index contributed by atoms with van der Waals surface area (Å²) in [6.07, 6.45) is 5.60. The van der Waals surface area contributed by atoms with Crippen LogP contribution in [0.25, 0.3) is 78.0 Å². The Morgan fingerprint density at radius 2 is 1.09 bits per heavy atom. The van der Waals surface area contributed by atoms with E-state index in [1.807, 2.05) is 66.7 Å². The normalized spacial score (nSPS) is 21.0. The minimum atomic E-state index is -0.822. The van der Waals surface area contributed by atoms with Crippen molar-refractivity contribution < 1.29 is 27.4 Å². The van der Waals surface area contributed by atoms with Gasteiger partial charge in [0, 0.05) is 55.7 Å². The summed E-state index contributed by atoms with van der Waals surface area (Å²) >= 11 is 0. The van der Waals surface area contributed by atoms with Crippen molar-refractivity contribution in [1.29, 1.82) is 0 Å². The van der Waals surface area contributed by atoms with Gasteiger partial charge < -0.3 is 9.47 Å². The number of fused-ring (bicyclic) bond motifs is 9. The van der Waals surface area contributed by atoms with Crippen molar-refractivity contribution in [3.63, 3.8) is 0 Å². The van der Waals surface area contributed by atoms with Crippen LogP contribution >= 0.6 is 0 Å². The molecular weight excluding hydrogens is 697 g/mol. The first-order chi connectivity index (χ1) is 36.6. The van der Waals surface area contributed by atoms with Gasteiger partial charge in [-0.3, -0.25) is 4.57 Å². The molecular formula is C51H34N6. The van der Waals surface area contributed by atoms with E-state index in [2.05, 4.69) is 19.9 Å². The molecule has 0 saturated heterocycles. The zero-order valence-electron chi connectivity index (χ0n) is 49.3. The molecule has 0 N–H and O–H groups in total. The van der Waals surface area contributed by atoms with Gasteiger partial charge in [0.15, 0.2) is 11.6 Å². The van der Waals surface area contributed by atoms with Crippen LogP contribution in [-0.4, -0.2) is 30.1 Å². The lowest BCUT2D eigenvalue weighted by atomic mass is 9.90. The molecule has 268 valence electrons. The third-order valence-electron chi connectivity index (χ3n) is 10.3. The molecule has 4 heterocycles. The van der Waals surface area contributed by atoms with Gasteiger partial charge in [-0.2, -0.15) is 9.97 Å². The van der Waals surface area contributed by atoms with Crippen molar-refractivity contribution in [3.05, 3.63) is 199 Å². The van der Waals surface area contributed by atoms with Gasteiger partial charge >= 0.3 is 0 Å². The molecule has 1 aliphatic carbocycles. The minimum Gasteiger partial charge on any atom is -0.333 e. The van der Waals surface area contributed by atoms with Crippen LogP contribution in [0.1, 0.15) is 38.9 Å². The molecule has 2 aliphatic rings. The van der Waals surface area contributed by atoms with Crippen LogP contribution < -0.4 is 4.90 Å². The molecule has 57 heavy (non-hydrogen) atoms. The van der Waals surface area contributed by atoms with Crippen molar-refractivity contribution in [2.45, 2.75) is 12.0 Å². The summed E-state index contributed by atoms with van der Waals surface area (Å²) in [7, 11) is 0. The van der Waals surface area contributed by atoms with E-state index in [-0.39, 0.29) is 38.5 Å². The van der Waals surface area contributed by atoms with E-state index < -0.39 is 167 Å². The number of para-hydroxylation sites is 4.